The van der Waals surface area contributed by atoms with E-state index in [1.54, 1.807) is 0 Å². The highest BCUT2D eigenvalue weighted by molar-refractivity contribution is 5.72. The lowest BCUT2D eigenvalue weighted by Crippen LogP contribution is -1.97. The molecule has 1 unspecified atom stereocenters. The summed E-state index contributed by atoms with van der Waals surface area (Å²) < 4.78 is 4.94. The lowest BCUT2D eigenvalue weighted by Gasteiger charge is -2.06. The fraction of sp³-hybridized carbons (Fsp3) is 0.417. The second-order valence-electron chi connectivity index (χ2n) is 3.68. The standard InChI is InChI=1S/C12H14O2/c1-2-9-3-5-10(6-4-9)11-7-12(13)14-8-11/h3-6,11H,2,7-8H2,1H3. The van der Waals surface area contributed by atoms with Crippen LogP contribution in [0, 0.1) is 0 Å². The molecule has 0 radical (unpaired) electrons. The van der Waals surface area contributed by atoms with E-state index in [-0.39, 0.29) is 11.9 Å². The van der Waals surface area contributed by atoms with E-state index >= 15 is 0 Å². The largest absolute Gasteiger partial charge is 0.465 e. The van der Waals surface area contributed by atoms with Gasteiger partial charge in [0.25, 0.3) is 0 Å². The Balaban J connectivity index is 2.13. The molecule has 1 aliphatic rings. The summed E-state index contributed by atoms with van der Waals surface area (Å²) in [6, 6.07) is 8.45. The minimum absolute atomic E-state index is 0.0745. The molecule has 2 heteroatoms. The number of esters is 1. The number of hydrogen-bond donors (Lipinski definition) is 0. The molecule has 0 amide bonds. The summed E-state index contributed by atoms with van der Waals surface area (Å²) in [5.41, 5.74) is 2.55. The molecule has 2 nitrogen and oxygen atoms in total. The zero-order valence-electron chi connectivity index (χ0n) is 8.32. The van der Waals surface area contributed by atoms with Crippen molar-refractivity contribution in [1.82, 2.24) is 0 Å². The maximum absolute atomic E-state index is 10.9. The van der Waals surface area contributed by atoms with Crippen molar-refractivity contribution in [3.63, 3.8) is 0 Å². The Labute approximate surface area is 83.9 Å². The Kier molecular flexibility index (Phi) is 2.53. The molecule has 1 heterocycles. The lowest BCUT2D eigenvalue weighted by molar-refractivity contribution is -0.137. The van der Waals surface area contributed by atoms with Crippen LogP contribution in [0.1, 0.15) is 30.4 Å². The Bertz CT molecular complexity index is 327. The lowest BCUT2D eigenvalue weighted by atomic mass is 9.97. The molecule has 0 bridgehead atoms. The second kappa shape index (κ2) is 3.82. The van der Waals surface area contributed by atoms with E-state index < -0.39 is 0 Å². The van der Waals surface area contributed by atoms with Gasteiger partial charge in [0.2, 0.25) is 0 Å². The van der Waals surface area contributed by atoms with E-state index in [1.807, 2.05) is 0 Å². The number of carbonyl (C=O) groups excluding carboxylic acids is 1. The summed E-state index contributed by atoms with van der Waals surface area (Å²) in [7, 11) is 0. The van der Waals surface area contributed by atoms with Crippen molar-refractivity contribution in [3.05, 3.63) is 35.4 Å². The number of rotatable bonds is 2. The number of aryl methyl sites for hydroxylation is 1. The third-order valence-electron chi connectivity index (χ3n) is 2.72. The topological polar surface area (TPSA) is 26.3 Å². The highest BCUT2D eigenvalue weighted by atomic mass is 16.5. The number of hydrogen-bond acceptors (Lipinski definition) is 2. The normalized spacial score (nSPS) is 20.9. The fourth-order valence-electron chi connectivity index (χ4n) is 1.75. The van der Waals surface area contributed by atoms with E-state index in [1.165, 1.54) is 11.1 Å². The Morgan fingerprint density at radius 1 is 1.36 bits per heavy atom. The second-order valence-corrected chi connectivity index (χ2v) is 3.68. The van der Waals surface area contributed by atoms with Crippen LogP contribution in [-0.2, 0) is 16.0 Å². The number of cyclic esters (lactones) is 1. The van der Waals surface area contributed by atoms with Crippen molar-refractivity contribution in [2.45, 2.75) is 25.7 Å². The van der Waals surface area contributed by atoms with Crippen LogP contribution in [0.15, 0.2) is 24.3 Å². The van der Waals surface area contributed by atoms with Crippen molar-refractivity contribution in [3.8, 4) is 0 Å². The predicted molar refractivity (Wildman–Crippen MR) is 54.1 cm³/mol. The molecule has 1 fully saturated rings. The molecule has 1 aliphatic heterocycles. The van der Waals surface area contributed by atoms with Gasteiger partial charge in [0.15, 0.2) is 0 Å². The zero-order valence-corrected chi connectivity index (χ0v) is 8.32. The first kappa shape index (κ1) is 9.25. The van der Waals surface area contributed by atoms with Crippen LogP contribution < -0.4 is 0 Å². The predicted octanol–water partition coefficient (Wildman–Crippen LogP) is 2.28. The van der Waals surface area contributed by atoms with Crippen LogP contribution >= 0.6 is 0 Å². The Morgan fingerprint density at radius 3 is 2.57 bits per heavy atom. The average Bonchev–Trinajstić information content (AvgIpc) is 2.65. The minimum Gasteiger partial charge on any atom is -0.465 e. The molecule has 1 atom stereocenters. The summed E-state index contributed by atoms with van der Waals surface area (Å²) in [5.74, 6) is 0.197. The van der Waals surface area contributed by atoms with Gasteiger partial charge in [0, 0.05) is 5.92 Å². The molecule has 14 heavy (non-hydrogen) atoms. The highest BCUT2D eigenvalue weighted by Gasteiger charge is 2.24. The zero-order chi connectivity index (χ0) is 9.97. The van der Waals surface area contributed by atoms with Crippen LogP contribution in [-0.4, -0.2) is 12.6 Å². The first-order valence-corrected chi connectivity index (χ1v) is 5.04. The Morgan fingerprint density at radius 2 is 2.07 bits per heavy atom. The maximum Gasteiger partial charge on any atom is 0.306 e. The van der Waals surface area contributed by atoms with Crippen LogP contribution in [0.4, 0.5) is 0 Å². The summed E-state index contributed by atoms with van der Waals surface area (Å²) >= 11 is 0. The molecular weight excluding hydrogens is 176 g/mol. The van der Waals surface area contributed by atoms with Gasteiger partial charge in [0.1, 0.15) is 0 Å². The molecule has 0 aromatic heterocycles. The van der Waals surface area contributed by atoms with Crippen molar-refractivity contribution in [2.24, 2.45) is 0 Å². The van der Waals surface area contributed by atoms with E-state index in [0.717, 1.165) is 6.42 Å². The summed E-state index contributed by atoms with van der Waals surface area (Å²) in [6.45, 7) is 2.68. The van der Waals surface area contributed by atoms with Crippen molar-refractivity contribution < 1.29 is 9.53 Å². The molecule has 0 N–H and O–H groups in total. The van der Waals surface area contributed by atoms with Crippen LogP contribution in [0.2, 0.25) is 0 Å². The molecular formula is C12H14O2. The third kappa shape index (κ3) is 1.79. The monoisotopic (exact) mass is 190 g/mol. The molecule has 1 aromatic carbocycles. The quantitative estimate of drug-likeness (QED) is 0.669. The van der Waals surface area contributed by atoms with Gasteiger partial charge in [-0.05, 0) is 17.5 Å². The van der Waals surface area contributed by atoms with Gasteiger partial charge in [-0.3, -0.25) is 4.79 Å². The number of benzene rings is 1. The third-order valence-corrected chi connectivity index (χ3v) is 2.72. The van der Waals surface area contributed by atoms with Gasteiger partial charge in [-0.1, -0.05) is 31.2 Å². The van der Waals surface area contributed by atoms with E-state index in [9.17, 15) is 4.79 Å². The van der Waals surface area contributed by atoms with Crippen LogP contribution in [0.3, 0.4) is 0 Å². The highest BCUT2D eigenvalue weighted by Crippen LogP contribution is 2.26. The molecule has 0 spiro atoms. The van der Waals surface area contributed by atoms with Crippen molar-refractivity contribution in [1.29, 1.82) is 0 Å². The molecule has 1 aromatic rings. The molecule has 1 saturated heterocycles. The molecule has 0 aliphatic carbocycles. The molecule has 2 rings (SSSR count). The van der Waals surface area contributed by atoms with Crippen molar-refractivity contribution >= 4 is 5.97 Å². The van der Waals surface area contributed by atoms with Gasteiger partial charge >= 0.3 is 5.97 Å². The van der Waals surface area contributed by atoms with Gasteiger partial charge in [0.05, 0.1) is 13.0 Å². The number of ether oxygens (including phenoxy) is 1. The average molecular weight is 190 g/mol. The fourth-order valence-corrected chi connectivity index (χ4v) is 1.75. The molecule has 0 saturated carbocycles. The van der Waals surface area contributed by atoms with E-state index in [0.29, 0.717) is 13.0 Å². The van der Waals surface area contributed by atoms with Gasteiger partial charge < -0.3 is 4.74 Å². The minimum atomic E-state index is -0.0745. The van der Waals surface area contributed by atoms with Gasteiger partial charge in [-0.2, -0.15) is 0 Å². The van der Waals surface area contributed by atoms with Crippen molar-refractivity contribution in [2.75, 3.05) is 6.61 Å². The summed E-state index contributed by atoms with van der Waals surface area (Å²) in [4.78, 5) is 10.9. The maximum atomic E-state index is 10.9. The van der Waals surface area contributed by atoms with Gasteiger partial charge in [-0.15, -0.1) is 0 Å². The SMILES string of the molecule is CCc1ccc(C2COC(=O)C2)cc1. The van der Waals surface area contributed by atoms with Crippen LogP contribution in [0.5, 0.6) is 0 Å². The molecule has 74 valence electrons. The Hall–Kier alpha value is -1.31. The van der Waals surface area contributed by atoms with Gasteiger partial charge in [-0.25, -0.2) is 0 Å². The summed E-state index contributed by atoms with van der Waals surface area (Å²) in [5, 5.41) is 0. The van der Waals surface area contributed by atoms with E-state index in [2.05, 4.69) is 31.2 Å². The smallest absolute Gasteiger partial charge is 0.306 e. The first-order valence-electron chi connectivity index (χ1n) is 5.04. The summed E-state index contributed by atoms with van der Waals surface area (Å²) in [6.07, 6.45) is 1.59. The number of carbonyl (C=O) groups is 1. The van der Waals surface area contributed by atoms with Crippen LogP contribution in [0.25, 0.3) is 0 Å². The first-order chi connectivity index (χ1) is 6.79. The van der Waals surface area contributed by atoms with E-state index in [4.69, 9.17) is 4.74 Å².